The predicted octanol–water partition coefficient (Wildman–Crippen LogP) is 9.63. The number of carboxylic acids is 1. The van der Waals surface area contributed by atoms with Crippen molar-refractivity contribution in [3.8, 4) is 47.4 Å². The van der Waals surface area contributed by atoms with Crippen molar-refractivity contribution in [2.45, 2.75) is 80.1 Å². The Balaban J connectivity index is 0.000000374. The van der Waals surface area contributed by atoms with E-state index in [4.69, 9.17) is 44.8 Å². The van der Waals surface area contributed by atoms with Gasteiger partial charge in [-0.15, -0.1) is 0 Å². The zero-order valence-electron chi connectivity index (χ0n) is 76.7. The minimum atomic E-state index is -1.10. The first-order valence-electron chi connectivity index (χ1n) is 44.0. The van der Waals surface area contributed by atoms with Gasteiger partial charge < -0.3 is 80.8 Å². The lowest BCUT2D eigenvalue weighted by molar-refractivity contribution is -0.144. The van der Waals surface area contributed by atoms with Gasteiger partial charge in [0.05, 0.1) is 93.0 Å². The number of nitrogens with two attached hydrogens (primary N) is 1. The molecule has 4 atom stereocenters. The average molecular weight is 1900 g/mol. The smallest absolute Gasteiger partial charge is 0.335 e. The number of carboxylic acid groups (broad SMARTS) is 1. The second-order valence-electron chi connectivity index (χ2n) is 30.8. The zero-order valence-corrected chi connectivity index (χ0v) is 76.7. The van der Waals surface area contributed by atoms with E-state index in [1.54, 1.807) is 129 Å². The molecule has 0 unspecified atom stereocenters. The second kappa shape index (κ2) is 67.4. The number of hydrogen-bond donors (Lipinski definition) is 11. The molecule has 12 N–H and O–H groups in total. The molecular weight excluding hydrogens is 1770 g/mol. The van der Waals surface area contributed by atoms with Crippen molar-refractivity contribution < 1.29 is 92.0 Å². The molecule has 0 bridgehead atoms. The largest absolute Gasteiger partial charge is 0.478 e. The summed E-state index contributed by atoms with van der Waals surface area (Å²) in [5.74, 6) is 19.5. The second-order valence-corrected chi connectivity index (χ2v) is 30.8. The Morgan fingerprint density at radius 1 is 0.360 bits per heavy atom. The van der Waals surface area contributed by atoms with Crippen LogP contribution < -0.4 is 37.8 Å². The minimum Gasteiger partial charge on any atom is -0.478 e. The maximum Gasteiger partial charge on any atom is 0.335 e. The number of aromatic carboxylic acids is 1. The van der Waals surface area contributed by atoms with Crippen LogP contribution in [-0.2, 0) is 78.5 Å². The van der Waals surface area contributed by atoms with E-state index in [1.165, 1.54) is 43.6 Å². The quantitative estimate of drug-likeness (QED) is 0.00683. The van der Waals surface area contributed by atoms with Crippen LogP contribution in [-0.4, -0.2) is 279 Å². The number of morpholine rings is 4. The van der Waals surface area contributed by atoms with Gasteiger partial charge in [-0.3, -0.25) is 48.8 Å². The number of aliphatic hydroxyl groups excluding tert-OH is 2. The van der Waals surface area contributed by atoms with Crippen molar-refractivity contribution in [2.75, 3.05) is 167 Å². The van der Waals surface area contributed by atoms with E-state index in [0.717, 1.165) is 176 Å². The summed E-state index contributed by atoms with van der Waals surface area (Å²) in [5, 5.41) is 48.4. The van der Waals surface area contributed by atoms with E-state index in [9.17, 15) is 43.5 Å². The maximum absolute atomic E-state index is 12.4. The highest BCUT2D eigenvalue weighted by Crippen LogP contribution is 2.18. The number of ether oxygens (including phenoxy) is 7. The molecule has 0 saturated carbocycles. The van der Waals surface area contributed by atoms with Gasteiger partial charge in [-0.25, -0.2) is 19.9 Å². The van der Waals surface area contributed by atoms with Crippen LogP contribution in [0.15, 0.2) is 218 Å². The number of esters is 3. The summed E-state index contributed by atoms with van der Waals surface area (Å²) in [7, 11) is 7.05. The standard InChI is InChI=1S/C27H31N3O4.C26H30N4O4.C26H28N2O5.C22H21NO3.C4H9NO3.4CH4/c1-28-19-25(27(32)33-2)29-26(31)24-13-11-22(12-14-24)6-4-3-5-21-7-9-23(10-8-21)20-30-15-17-34-18-16-30;1-27-18-24(26(32)29-33)28-25(31)23-12-10-21(11-13-23)5-3-2-4-20-6-8-22(9-7-20)19-30-14-16-34-17-15-30;1-32-26(31)24(19-29)27-25(30)23-12-10-21(11-13-23)5-3-2-4-20-6-8-22(9-7-20)18-28-14-16-33-17-15-28;24-22(25)21-11-9-19(10-12-21)4-2-1-3-18-5-7-20(8-6-18)17-23-13-15-26-16-14-23;1-8-4(7)3(5)2-6;;;;/h3,5,7-14,25,28H,15-20H2,1-2H3,(H,29,31);2,4,6-13,24,27,33H,14-19H2,1H3,(H,28,31)(H,29,32);2,4,6-13,24,29H,14-19H2,1H3,(H,27,30);1,3,5-12H,13-17H2,(H,24,25);3,6H,2,5H2,1H3;4*1H4/b5-3+;2*4-2+;3-1+;;;;;/t25-;2*24-;;3-;;;;/m000.0..../s1. The Morgan fingerprint density at radius 3 is 0.835 bits per heavy atom. The summed E-state index contributed by atoms with van der Waals surface area (Å²) in [4.78, 5) is 102. The molecule has 4 heterocycles. The van der Waals surface area contributed by atoms with E-state index in [-0.39, 0.29) is 60.9 Å². The van der Waals surface area contributed by atoms with Gasteiger partial charge in [-0.1, -0.05) is 174 Å². The summed E-state index contributed by atoms with van der Waals surface area (Å²) in [6.07, 6.45) is 15.1. The molecule has 0 aliphatic carbocycles. The summed E-state index contributed by atoms with van der Waals surface area (Å²) in [6.45, 7) is 17.6. The third kappa shape index (κ3) is 44.5. The van der Waals surface area contributed by atoms with E-state index in [0.29, 0.717) is 16.7 Å². The van der Waals surface area contributed by atoms with Gasteiger partial charge in [0.15, 0.2) is 6.04 Å². The first-order chi connectivity index (χ1) is 65.7. The molecule has 0 aromatic heterocycles. The number of carbonyl (C=O) groups is 8. The summed E-state index contributed by atoms with van der Waals surface area (Å²) < 4.78 is 35.0. The van der Waals surface area contributed by atoms with E-state index < -0.39 is 72.4 Å². The van der Waals surface area contributed by atoms with Crippen molar-refractivity contribution in [2.24, 2.45) is 5.73 Å². The van der Waals surface area contributed by atoms with Gasteiger partial charge in [0.2, 0.25) is 0 Å². The SMILES string of the molecule is C.C.C.C.CNC[C@H](NC(=O)c1ccc(C#C/C=C/c2ccc(CN3CCOCC3)cc2)cc1)C(=O)NO.CNC[C@H](NC(=O)c1ccc(C#C/C=C/c2ccc(CN3CCOCC3)cc2)cc1)C(=O)OC.COC(=O)[C@@H](N)CO.COC(=O)[C@H](CO)NC(=O)c1ccc(C#C/C=C/c2ccc(CN3CCOCC3)cc2)cc1.O=C(O)c1ccc(C#C/C=C/c2ccc(CN3CCOCC3)cc2)cc1. The van der Waals surface area contributed by atoms with Crippen LogP contribution in [0.5, 0.6) is 0 Å². The van der Waals surface area contributed by atoms with Crippen LogP contribution in [0.1, 0.15) is 138 Å². The van der Waals surface area contributed by atoms with Gasteiger partial charge in [0.25, 0.3) is 23.6 Å². The van der Waals surface area contributed by atoms with E-state index in [2.05, 4.69) is 200 Å². The third-order valence-electron chi connectivity index (χ3n) is 20.8. The van der Waals surface area contributed by atoms with Crippen molar-refractivity contribution in [3.63, 3.8) is 0 Å². The zero-order chi connectivity index (χ0) is 96.6. The first-order valence-corrected chi connectivity index (χ1v) is 44.0. The van der Waals surface area contributed by atoms with Crippen LogP contribution in [0.2, 0.25) is 0 Å². The molecule has 0 radical (unpaired) electrons. The predicted molar refractivity (Wildman–Crippen MR) is 543 cm³/mol. The van der Waals surface area contributed by atoms with Crippen LogP contribution in [0.25, 0.3) is 24.3 Å². The molecule has 12 rings (SSSR count). The fourth-order valence-corrected chi connectivity index (χ4v) is 13.2. The number of methoxy groups -OCH3 is 3. The van der Waals surface area contributed by atoms with Crippen molar-refractivity contribution in [1.82, 2.24) is 51.7 Å². The molecule has 740 valence electrons. The van der Waals surface area contributed by atoms with Crippen molar-refractivity contribution in [3.05, 3.63) is 307 Å². The van der Waals surface area contributed by atoms with Gasteiger partial charge in [0.1, 0.15) is 18.1 Å². The Morgan fingerprint density at radius 2 is 0.604 bits per heavy atom. The Hall–Kier alpha value is -13.8. The summed E-state index contributed by atoms with van der Waals surface area (Å²) >= 11 is 0. The highest BCUT2D eigenvalue weighted by molar-refractivity contribution is 5.99. The number of aliphatic hydroxyl groups is 2. The van der Waals surface area contributed by atoms with Crippen LogP contribution in [0, 0.1) is 47.4 Å². The topological polar surface area (TPSA) is 393 Å². The Kier molecular flexibility index (Phi) is 57.0. The van der Waals surface area contributed by atoms with Gasteiger partial charge in [-0.2, -0.15) is 0 Å². The van der Waals surface area contributed by atoms with Crippen LogP contribution in [0.4, 0.5) is 0 Å². The van der Waals surface area contributed by atoms with Crippen LogP contribution >= 0.6 is 0 Å². The molecule has 4 fully saturated rings. The van der Waals surface area contributed by atoms with Gasteiger partial charge in [0, 0.05) is 131 Å². The highest BCUT2D eigenvalue weighted by Gasteiger charge is 2.25. The number of likely N-dealkylation sites (N-methyl/N-ethyl adjacent to an activating group) is 2. The third-order valence-corrected chi connectivity index (χ3v) is 20.8. The van der Waals surface area contributed by atoms with Crippen molar-refractivity contribution >= 4 is 71.8 Å². The number of hydroxylamine groups is 1. The number of benzene rings is 8. The number of nitrogens with one attached hydrogen (secondary N) is 6. The Bertz CT molecular complexity index is 5260. The molecule has 30 heteroatoms. The van der Waals surface area contributed by atoms with Crippen LogP contribution in [0.3, 0.4) is 0 Å². The molecule has 4 saturated heterocycles. The maximum atomic E-state index is 12.4. The number of nitrogens with zero attached hydrogens (tertiary/aromatic N) is 4. The molecule has 30 nitrogen and oxygen atoms in total. The van der Waals surface area contributed by atoms with E-state index in [1.807, 2.05) is 36.5 Å². The first kappa shape index (κ1) is 117. The van der Waals surface area contributed by atoms with Gasteiger partial charge in [-0.05, 0) is 204 Å². The van der Waals surface area contributed by atoms with E-state index >= 15 is 0 Å². The number of hydrogen-bond acceptors (Lipinski definition) is 25. The number of carbonyl (C=O) groups excluding carboxylic acids is 7. The fourth-order valence-electron chi connectivity index (χ4n) is 13.2. The molecule has 4 aliphatic rings. The number of rotatable bonds is 29. The molecule has 8 aromatic carbocycles. The lowest BCUT2D eigenvalue weighted by Crippen LogP contribution is -2.50. The molecule has 4 amide bonds. The minimum absolute atomic E-state index is 0. The lowest BCUT2D eigenvalue weighted by Gasteiger charge is -2.26. The molecule has 0 spiro atoms. The molecular formula is C109H135N11O19. The normalized spacial score (nSPS) is 14.3. The van der Waals surface area contributed by atoms with Gasteiger partial charge >= 0.3 is 23.9 Å². The summed E-state index contributed by atoms with van der Waals surface area (Å²) in [5.41, 5.74) is 20.6. The fraction of sp³-hybridized carbons (Fsp3) is 0.339. The number of allylic oxidation sites excluding steroid dienone is 4. The van der Waals surface area contributed by atoms with Crippen molar-refractivity contribution in [1.29, 1.82) is 0 Å². The molecule has 4 aliphatic heterocycles. The molecule has 8 aromatic rings. The lowest BCUT2D eigenvalue weighted by atomic mass is 10.1. The Labute approximate surface area is 818 Å². The number of amides is 4. The highest BCUT2D eigenvalue weighted by atomic mass is 16.5. The summed E-state index contributed by atoms with van der Waals surface area (Å²) in [6, 6.07) is 57.1. The molecule has 139 heavy (non-hydrogen) atoms. The average Bonchev–Trinajstić information content (AvgIpc) is 0.862. The monoisotopic (exact) mass is 1900 g/mol.